The molecule has 0 radical (unpaired) electrons. The number of rotatable bonds is 4. The number of aromatic nitrogens is 2. The molecular formula is C19H12F4N4O2. The molecule has 0 spiro atoms. The Bertz CT molecular complexity index is 1100. The molecule has 148 valence electrons. The number of hydrazone groups is 1. The molecule has 1 heterocycles. The first kappa shape index (κ1) is 19.9. The van der Waals surface area contributed by atoms with Gasteiger partial charge in [0, 0.05) is 5.56 Å². The lowest BCUT2D eigenvalue weighted by molar-refractivity contribution is -0.137. The molecule has 10 heteroatoms. The monoisotopic (exact) mass is 404 g/mol. The van der Waals surface area contributed by atoms with E-state index < -0.39 is 29.2 Å². The van der Waals surface area contributed by atoms with Crippen LogP contribution in [0.15, 0.2) is 64.5 Å². The van der Waals surface area contributed by atoms with Gasteiger partial charge in [0.25, 0.3) is 5.91 Å². The number of alkyl halides is 3. The molecule has 2 aromatic carbocycles. The van der Waals surface area contributed by atoms with Crippen LogP contribution in [0.4, 0.5) is 17.6 Å². The quantitative estimate of drug-likeness (QED) is 0.397. The molecule has 0 aliphatic heterocycles. The number of hydrogen-bond acceptors (Lipinski definition) is 4. The fourth-order valence-corrected chi connectivity index (χ4v) is 2.33. The van der Waals surface area contributed by atoms with Crippen LogP contribution in [-0.2, 0) is 6.18 Å². The second-order valence-electron chi connectivity index (χ2n) is 5.81. The molecule has 1 amide bonds. The number of hydrogen-bond donors (Lipinski definition) is 2. The van der Waals surface area contributed by atoms with E-state index in [0.29, 0.717) is 11.1 Å². The topological polar surface area (TPSA) is 87.2 Å². The molecule has 0 saturated heterocycles. The highest BCUT2D eigenvalue weighted by molar-refractivity contribution is 5.93. The molecule has 0 aliphatic carbocycles. The summed E-state index contributed by atoms with van der Waals surface area (Å²) in [6.45, 7) is 0. The van der Waals surface area contributed by atoms with Gasteiger partial charge in [-0.05, 0) is 48.0 Å². The maximum Gasteiger partial charge on any atom is 0.416 e. The minimum Gasteiger partial charge on any atom is -0.301 e. The zero-order valence-electron chi connectivity index (χ0n) is 14.5. The van der Waals surface area contributed by atoms with Crippen LogP contribution in [0.25, 0.3) is 11.3 Å². The highest BCUT2D eigenvalue weighted by Gasteiger charge is 2.29. The van der Waals surface area contributed by atoms with Crippen molar-refractivity contribution in [3.8, 4) is 11.3 Å². The Morgan fingerprint density at radius 3 is 2.34 bits per heavy atom. The maximum atomic E-state index is 13.0. The van der Waals surface area contributed by atoms with Crippen LogP contribution in [0.2, 0.25) is 0 Å². The Morgan fingerprint density at radius 2 is 1.72 bits per heavy atom. The first-order valence-corrected chi connectivity index (χ1v) is 8.10. The van der Waals surface area contributed by atoms with Crippen molar-refractivity contribution in [2.45, 2.75) is 6.18 Å². The average Bonchev–Trinajstić information content (AvgIpc) is 2.67. The summed E-state index contributed by atoms with van der Waals surface area (Å²) >= 11 is 0. The molecule has 0 aliphatic rings. The van der Waals surface area contributed by atoms with Gasteiger partial charge in [0.1, 0.15) is 11.5 Å². The fraction of sp³-hybridized carbons (Fsp3) is 0.0526. The average molecular weight is 404 g/mol. The van der Waals surface area contributed by atoms with E-state index in [4.69, 9.17) is 0 Å². The number of aromatic amines is 1. The summed E-state index contributed by atoms with van der Waals surface area (Å²) in [7, 11) is 0. The molecule has 0 saturated carbocycles. The van der Waals surface area contributed by atoms with Crippen molar-refractivity contribution in [3.05, 3.63) is 87.7 Å². The van der Waals surface area contributed by atoms with Crippen molar-refractivity contribution in [2.24, 2.45) is 5.10 Å². The van der Waals surface area contributed by atoms with Crippen LogP contribution in [-0.4, -0.2) is 22.1 Å². The molecule has 6 nitrogen and oxygen atoms in total. The SMILES string of the molecule is O=C(N/N=C/c1ccc(C(F)(F)F)cc1)c1cc(-c2ccc(F)cc2)nc(=O)[nH]1. The predicted molar refractivity (Wildman–Crippen MR) is 96.8 cm³/mol. The normalized spacial score (nSPS) is 11.6. The zero-order valence-corrected chi connectivity index (χ0v) is 14.5. The standard InChI is InChI=1S/C19H12F4N4O2/c20-14-7-3-12(4-8-14)15-9-16(26-18(29)25-15)17(28)27-24-10-11-1-5-13(6-2-11)19(21,22)23/h1-10H,(H,27,28)(H,25,26,29)/b24-10+. The lowest BCUT2D eigenvalue weighted by Crippen LogP contribution is -2.24. The summed E-state index contributed by atoms with van der Waals surface area (Å²) < 4.78 is 50.6. The van der Waals surface area contributed by atoms with Crippen molar-refractivity contribution in [1.29, 1.82) is 0 Å². The van der Waals surface area contributed by atoms with E-state index in [-0.39, 0.29) is 11.4 Å². The summed E-state index contributed by atoms with van der Waals surface area (Å²) in [4.78, 5) is 29.9. The summed E-state index contributed by atoms with van der Waals surface area (Å²) in [5.74, 6) is -1.23. The second kappa shape index (κ2) is 8.05. The number of nitrogens with zero attached hydrogens (tertiary/aromatic N) is 2. The van der Waals surface area contributed by atoms with Gasteiger partial charge < -0.3 is 4.98 Å². The van der Waals surface area contributed by atoms with E-state index in [0.717, 1.165) is 18.3 Å². The Labute approximate surface area is 160 Å². The minimum atomic E-state index is -4.45. The Hall–Kier alpha value is -3.82. The van der Waals surface area contributed by atoms with Gasteiger partial charge in [-0.15, -0.1) is 0 Å². The van der Waals surface area contributed by atoms with Crippen molar-refractivity contribution < 1.29 is 22.4 Å². The van der Waals surface area contributed by atoms with Crippen LogP contribution in [0, 0.1) is 5.82 Å². The third kappa shape index (κ3) is 5.12. The molecule has 2 N–H and O–H groups in total. The van der Waals surface area contributed by atoms with Gasteiger partial charge in [0.15, 0.2) is 0 Å². The van der Waals surface area contributed by atoms with E-state index in [9.17, 15) is 27.2 Å². The molecule has 29 heavy (non-hydrogen) atoms. The summed E-state index contributed by atoms with van der Waals surface area (Å²) in [5.41, 5.74) is 1.34. The van der Waals surface area contributed by atoms with Gasteiger partial charge in [-0.25, -0.2) is 14.6 Å². The first-order chi connectivity index (χ1) is 13.7. The Balaban J connectivity index is 1.73. The van der Waals surface area contributed by atoms with Crippen LogP contribution in [0.5, 0.6) is 0 Å². The highest BCUT2D eigenvalue weighted by atomic mass is 19.4. The summed E-state index contributed by atoms with van der Waals surface area (Å²) in [6, 6.07) is 10.6. The predicted octanol–water partition coefficient (Wildman–Crippen LogP) is 3.36. The largest absolute Gasteiger partial charge is 0.416 e. The fourth-order valence-electron chi connectivity index (χ4n) is 2.33. The number of amides is 1. The molecule has 0 fully saturated rings. The molecular weight excluding hydrogens is 392 g/mol. The van der Waals surface area contributed by atoms with Crippen molar-refractivity contribution >= 4 is 12.1 Å². The number of carbonyl (C=O) groups excluding carboxylic acids is 1. The molecule has 0 bridgehead atoms. The van der Waals surface area contributed by atoms with E-state index in [1.807, 2.05) is 0 Å². The lowest BCUT2D eigenvalue weighted by atomic mass is 10.1. The Morgan fingerprint density at radius 1 is 1.07 bits per heavy atom. The van der Waals surface area contributed by atoms with Gasteiger partial charge >= 0.3 is 11.9 Å². The minimum absolute atomic E-state index is 0.145. The van der Waals surface area contributed by atoms with Gasteiger partial charge in [0.05, 0.1) is 17.5 Å². The number of carbonyl (C=O) groups is 1. The molecule has 3 aromatic rings. The van der Waals surface area contributed by atoms with Crippen LogP contribution in [0.1, 0.15) is 21.6 Å². The van der Waals surface area contributed by atoms with Crippen LogP contribution in [0.3, 0.4) is 0 Å². The first-order valence-electron chi connectivity index (χ1n) is 8.10. The Kier molecular flexibility index (Phi) is 5.53. The number of nitrogens with one attached hydrogen (secondary N) is 2. The van der Waals surface area contributed by atoms with Crippen molar-refractivity contribution in [3.63, 3.8) is 0 Å². The number of H-pyrrole nitrogens is 1. The van der Waals surface area contributed by atoms with Crippen LogP contribution < -0.4 is 11.1 Å². The number of benzene rings is 2. The van der Waals surface area contributed by atoms with E-state index >= 15 is 0 Å². The molecule has 3 rings (SSSR count). The lowest BCUT2D eigenvalue weighted by Gasteiger charge is -2.06. The molecule has 0 atom stereocenters. The van der Waals surface area contributed by atoms with Gasteiger partial charge in [-0.2, -0.15) is 23.3 Å². The van der Waals surface area contributed by atoms with Gasteiger partial charge in [0.2, 0.25) is 0 Å². The summed E-state index contributed by atoms with van der Waals surface area (Å²) in [5, 5.41) is 3.66. The molecule has 1 aromatic heterocycles. The maximum absolute atomic E-state index is 13.0. The third-order valence-corrected chi connectivity index (χ3v) is 3.75. The van der Waals surface area contributed by atoms with E-state index in [1.165, 1.54) is 42.5 Å². The van der Waals surface area contributed by atoms with Gasteiger partial charge in [-0.3, -0.25) is 4.79 Å². The van der Waals surface area contributed by atoms with Crippen molar-refractivity contribution in [1.82, 2.24) is 15.4 Å². The van der Waals surface area contributed by atoms with Crippen LogP contribution >= 0.6 is 0 Å². The third-order valence-electron chi connectivity index (χ3n) is 3.75. The zero-order chi connectivity index (χ0) is 21.0. The summed E-state index contributed by atoms with van der Waals surface area (Å²) in [6.07, 6.45) is -3.29. The number of halogens is 4. The van der Waals surface area contributed by atoms with E-state index in [1.54, 1.807) is 0 Å². The van der Waals surface area contributed by atoms with E-state index in [2.05, 4.69) is 20.5 Å². The van der Waals surface area contributed by atoms with Crippen molar-refractivity contribution in [2.75, 3.05) is 0 Å². The smallest absolute Gasteiger partial charge is 0.301 e. The second-order valence-corrected chi connectivity index (χ2v) is 5.81. The highest BCUT2D eigenvalue weighted by Crippen LogP contribution is 2.28. The molecule has 0 unspecified atom stereocenters. The van der Waals surface area contributed by atoms with Gasteiger partial charge in [-0.1, -0.05) is 12.1 Å².